The lowest BCUT2D eigenvalue weighted by molar-refractivity contribution is 0.0673. The standard InChI is InChI=1S/C13H18ClNO/c1-10-13(9-15,6-7-16-10)8-11-2-4-12(14)5-3-11/h2-5,10H,6-9,15H2,1H3. The van der Waals surface area contributed by atoms with Crippen LogP contribution in [-0.2, 0) is 11.2 Å². The Morgan fingerprint density at radius 1 is 1.44 bits per heavy atom. The third-order valence-electron chi connectivity index (χ3n) is 3.71. The monoisotopic (exact) mass is 239 g/mol. The first-order valence-electron chi connectivity index (χ1n) is 5.72. The Balaban J connectivity index is 2.15. The minimum absolute atomic E-state index is 0.105. The minimum atomic E-state index is 0.105. The first-order chi connectivity index (χ1) is 7.66. The maximum absolute atomic E-state index is 5.93. The van der Waals surface area contributed by atoms with E-state index in [1.54, 1.807) is 0 Å². The van der Waals surface area contributed by atoms with Crippen molar-refractivity contribution in [2.45, 2.75) is 25.9 Å². The van der Waals surface area contributed by atoms with Crippen LogP contribution < -0.4 is 5.73 Å². The molecule has 0 aromatic heterocycles. The van der Waals surface area contributed by atoms with Gasteiger partial charge in [-0.2, -0.15) is 0 Å². The van der Waals surface area contributed by atoms with Crippen molar-refractivity contribution in [3.63, 3.8) is 0 Å². The van der Waals surface area contributed by atoms with Crippen molar-refractivity contribution in [2.75, 3.05) is 13.2 Å². The summed E-state index contributed by atoms with van der Waals surface area (Å²) in [7, 11) is 0. The van der Waals surface area contributed by atoms with Crippen LogP contribution in [0.25, 0.3) is 0 Å². The SMILES string of the molecule is CC1OCCC1(CN)Cc1ccc(Cl)cc1. The van der Waals surface area contributed by atoms with Gasteiger partial charge in [0.05, 0.1) is 6.10 Å². The van der Waals surface area contributed by atoms with Gasteiger partial charge in [0.15, 0.2) is 0 Å². The molecule has 2 atom stereocenters. The highest BCUT2D eigenvalue weighted by atomic mass is 35.5. The topological polar surface area (TPSA) is 35.2 Å². The summed E-state index contributed by atoms with van der Waals surface area (Å²) in [5.74, 6) is 0. The van der Waals surface area contributed by atoms with Gasteiger partial charge in [-0.1, -0.05) is 23.7 Å². The summed E-state index contributed by atoms with van der Waals surface area (Å²) < 4.78 is 5.65. The van der Waals surface area contributed by atoms with E-state index >= 15 is 0 Å². The molecule has 0 amide bonds. The second-order valence-corrected chi connectivity index (χ2v) is 5.07. The smallest absolute Gasteiger partial charge is 0.0619 e. The van der Waals surface area contributed by atoms with E-state index in [4.69, 9.17) is 22.1 Å². The molecule has 1 aromatic carbocycles. The highest BCUT2D eigenvalue weighted by molar-refractivity contribution is 6.30. The first kappa shape index (κ1) is 11.9. The number of ether oxygens (including phenoxy) is 1. The molecule has 0 spiro atoms. The van der Waals surface area contributed by atoms with E-state index in [1.165, 1.54) is 5.56 Å². The van der Waals surface area contributed by atoms with E-state index in [1.807, 2.05) is 12.1 Å². The fourth-order valence-corrected chi connectivity index (χ4v) is 2.53. The average Bonchev–Trinajstić information content (AvgIpc) is 2.64. The highest BCUT2D eigenvalue weighted by Gasteiger charge is 2.40. The van der Waals surface area contributed by atoms with Gasteiger partial charge in [0.25, 0.3) is 0 Å². The Labute approximate surface area is 102 Å². The summed E-state index contributed by atoms with van der Waals surface area (Å²) in [6.45, 7) is 3.62. The molecule has 16 heavy (non-hydrogen) atoms. The molecular formula is C13H18ClNO. The number of benzene rings is 1. The lowest BCUT2D eigenvalue weighted by atomic mass is 9.76. The molecule has 1 aliphatic rings. The summed E-state index contributed by atoms with van der Waals surface area (Å²) in [6.07, 6.45) is 2.27. The van der Waals surface area contributed by atoms with Gasteiger partial charge in [-0.05, 0) is 37.5 Å². The van der Waals surface area contributed by atoms with Crippen LogP contribution in [0.1, 0.15) is 18.9 Å². The van der Waals surface area contributed by atoms with Crippen LogP contribution in [0.4, 0.5) is 0 Å². The van der Waals surface area contributed by atoms with Crippen molar-refractivity contribution in [3.8, 4) is 0 Å². The van der Waals surface area contributed by atoms with Crippen LogP contribution in [-0.4, -0.2) is 19.3 Å². The summed E-state index contributed by atoms with van der Waals surface area (Å²) >= 11 is 5.88. The lowest BCUT2D eigenvalue weighted by Gasteiger charge is -2.30. The van der Waals surface area contributed by atoms with Gasteiger partial charge < -0.3 is 10.5 Å². The summed E-state index contributed by atoms with van der Waals surface area (Å²) in [5.41, 5.74) is 7.32. The van der Waals surface area contributed by atoms with Crippen molar-refractivity contribution in [1.29, 1.82) is 0 Å². The number of rotatable bonds is 3. The zero-order valence-electron chi connectivity index (χ0n) is 9.58. The molecule has 0 aliphatic carbocycles. The molecule has 2 rings (SSSR count). The number of halogens is 1. The molecule has 2 unspecified atom stereocenters. The third kappa shape index (κ3) is 2.24. The molecule has 3 heteroatoms. The maximum Gasteiger partial charge on any atom is 0.0619 e. The Bertz CT molecular complexity index is 351. The fraction of sp³-hybridized carbons (Fsp3) is 0.538. The van der Waals surface area contributed by atoms with Crippen LogP contribution in [0.15, 0.2) is 24.3 Å². The predicted octanol–water partition coefficient (Wildman–Crippen LogP) is 2.64. The van der Waals surface area contributed by atoms with E-state index in [2.05, 4.69) is 19.1 Å². The van der Waals surface area contributed by atoms with Crippen LogP contribution in [0.3, 0.4) is 0 Å². The largest absolute Gasteiger partial charge is 0.378 e. The summed E-state index contributed by atoms with van der Waals surface area (Å²) in [4.78, 5) is 0. The second kappa shape index (κ2) is 4.74. The molecule has 2 nitrogen and oxygen atoms in total. The van der Waals surface area contributed by atoms with Crippen LogP contribution in [0, 0.1) is 5.41 Å². The number of nitrogens with two attached hydrogens (primary N) is 1. The Kier molecular flexibility index (Phi) is 3.53. The summed E-state index contributed by atoms with van der Waals surface area (Å²) in [5, 5.41) is 0.779. The average molecular weight is 240 g/mol. The van der Waals surface area contributed by atoms with Gasteiger partial charge in [-0.15, -0.1) is 0 Å². The molecule has 0 radical (unpaired) electrons. The Hall–Kier alpha value is -0.570. The summed E-state index contributed by atoms with van der Waals surface area (Å²) in [6, 6.07) is 8.01. The molecule has 1 fully saturated rings. The van der Waals surface area contributed by atoms with Crippen molar-refractivity contribution in [3.05, 3.63) is 34.9 Å². The zero-order chi connectivity index (χ0) is 11.6. The minimum Gasteiger partial charge on any atom is -0.378 e. The van der Waals surface area contributed by atoms with Gasteiger partial charge in [-0.25, -0.2) is 0 Å². The molecule has 1 saturated heterocycles. The van der Waals surface area contributed by atoms with E-state index in [-0.39, 0.29) is 11.5 Å². The molecular weight excluding hydrogens is 222 g/mol. The Morgan fingerprint density at radius 2 is 2.12 bits per heavy atom. The zero-order valence-corrected chi connectivity index (χ0v) is 10.3. The van der Waals surface area contributed by atoms with Crippen molar-refractivity contribution < 1.29 is 4.74 Å². The highest BCUT2D eigenvalue weighted by Crippen LogP contribution is 2.37. The van der Waals surface area contributed by atoms with Crippen LogP contribution in [0.2, 0.25) is 5.02 Å². The molecule has 88 valence electrons. The molecule has 0 saturated carbocycles. The number of hydrogen-bond acceptors (Lipinski definition) is 2. The molecule has 0 bridgehead atoms. The van der Waals surface area contributed by atoms with Gasteiger partial charge in [0, 0.05) is 23.6 Å². The molecule has 1 heterocycles. The van der Waals surface area contributed by atoms with E-state index in [0.29, 0.717) is 6.54 Å². The van der Waals surface area contributed by atoms with Gasteiger partial charge in [0.2, 0.25) is 0 Å². The van der Waals surface area contributed by atoms with Crippen molar-refractivity contribution in [2.24, 2.45) is 11.1 Å². The first-order valence-corrected chi connectivity index (χ1v) is 6.10. The third-order valence-corrected chi connectivity index (χ3v) is 3.96. The quantitative estimate of drug-likeness (QED) is 0.880. The van der Waals surface area contributed by atoms with Gasteiger partial charge >= 0.3 is 0 Å². The second-order valence-electron chi connectivity index (χ2n) is 4.63. The van der Waals surface area contributed by atoms with Gasteiger partial charge in [0.1, 0.15) is 0 Å². The van der Waals surface area contributed by atoms with Crippen LogP contribution in [0.5, 0.6) is 0 Å². The van der Waals surface area contributed by atoms with Crippen molar-refractivity contribution >= 4 is 11.6 Å². The number of hydrogen-bond donors (Lipinski definition) is 1. The fourth-order valence-electron chi connectivity index (χ4n) is 2.40. The lowest BCUT2D eigenvalue weighted by Crippen LogP contribution is -2.38. The van der Waals surface area contributed by atoms with E-state index in [9.17, 15) is 0 Å². The van der Waals surface area contributed by atoms with E-state index in [0.717, 1.165) is 24.5 Å². The maximum atomic E-state index is 5.93. The molecule has 1 aromatic rings. The van der Waals surface area contributed by atoms with Gasteiger partial charge in [-0.3, -0.25) is 0 Å². The van der Waals surface area contributed by atoms with Crippen molar-refractivity contribution in [1.82, 2.24) is 0 Å². The normalized spacial score (nSPS) is 29.6. The van der Waals surface area contributed by atoms with E-state index < -0.39 is 0 Å². The Morgan fingerprint density at radius 3 is 2.62 bits per heavy atom. The molecule has 2 N–H and O–H groups in total. The predicted molar refractivity (Wildman–Crippen MR) is 66.7 cm³/mol. The molecule has 1 aliphatic heterocycles. The van der Waals surface area contributed by atoms with Crippen LogP contribution >= 0.6 is 11.6 Å².